The Hall–Kier alpha value is -2.46. The molecule has 0 radical (unpaired) electrons. The lowest BCUT2D eigenvalue weighted by atomic mass is 9.94. The topological polar surface area (TPSA) is 51.5 Å². The Morgan fingerprint density at radius 1 is 0.955 bits per heavy atom. The number of carbonyl (C=O) groups excluding carboxylic acids is 2. The summed E-state index contributed by atoms with van der Waals surface area (Å²) in [7, 11) is 0. The molecule has 0 aliphatic carbocycles. The van der Waals surface area contributed by atoms with E-state index in [2.05, 4.69) is 11.4 Å². The van der Waals surface area contributed by atoms with E-state index < -0.39 is 0 Å². The lowest BCUT2D eigenvalue weighted by Gasteiger charge is -2.40. The molecule has 0 saturated carbocycles. The van der Waals surface area contributed by atoms with Crippen LogP contribution in [0, 0.1) is 0 Å². The fourth-order valence-electron chi connectivity index (χ4n) is 3.26. The zero-order valence-corrected chi connectivity index (χ0v) is 12.0. The van der Waals surface area contributed by atoms with Crippen LogP contribution in [0.3, 0.4) is 0 Å². The van der Waals surface area contributed by atoms with Crippen LogP contribution < -0.4 is 0 Å². The van der Waals surface area contributed by atoms with Gasteiger partial charge in [0.15, 0.2) is 0 Å². The van der Waals surface area contributed by atoms with Crippen LogP contribution >= 0.6 is 0 Å². The van der Waals surface area contributed by atoms with Gasteiger partial charge in [0.25, 0.3) is 11.8 Å². The minimum Gasteiger partial charge on any atom is -0.654 e. The number of imide groups is 1. The lowest BCUT2D eigenvalue weighted by Crippen LogP contribution is -2.34. The minimum atomic E-state index is -0.209. The predicted octanol–water partition coefficient (Wildman–Crippen LogP) is 2.95. The molecule has 0 saturated heterocycles. The Morgan fingerprint density at radius 3 is 2.32 bits per heavy atom. The highest BCUT2D eigenvalue weighted by Gasteiger charge is 2.35. The molecule has 0 N–H and O–H groups in total. The number of nitrogens with zero attached hydrogens (tertiary/aromatic N) is 2. The van der Waals surface area contributed by atoms with Gasteiger partial charge < -0.3 is 5.32 Å². The molecule has 0 bridgehead atoms. The molecule has 4 rings (SSSR count). The second-order valence-corrected chi connectivity index (χ2v) is 5.64. The minimum absolute atomic E-state index is 0.118. The second-order valence-electron chi connectivity index (χ2n) is 5.64. The first-order valence-corrected chi connectivity index (χ1v) is 7.45. The Bertz CT molecular complexity index is 734. The first-order valence-electron chi connectivity index (χ1n) is 7.45. The molecular formula is C18H15N2O2-. The van der Waals surface area contributed by atoms with E-state index in [9.17, 15) is 9.59 Å². The number of rotatable bonds is 2. The Labute approximate surface area is 128 Å². The zero-order valence-electron chi connectivity index (χ0n) is 12.0. The van der Waals surface area contributed by atoms with Crippen LogP contribution in [-0.2, 0) is 6.42 Å². The van der Waals surface area contributed by atoms with Gasteiger partial charge in [0, 0.05) is 6.54 Å². The molecule has 2 aromatic rings. The first kappa shape index (κ1) is 13.2. The van der Waals surface area contributed by atoms with Crippen LogP contribution in [0.4, 0.5) is 0 Å². The monoisotopic (exact) mass is 291 g/mol. The number of fused-ring (bicyclic) bond motifs is 2. The van der Waals surface area contributed by atoms with E-state index in [1.807, 2.05) is 18.2 Å². The molecule has 2 aromatic carbocycles. The van der Waals surface area contributed by atoms with Gasteiger partial charge in [-0.15, -0.1) is 6.54 Å². The third-order valence-corrected chi connectivity index (χ3v) is 4.38. The van der Waals surface area contributed by atoms with Crippen LogP contribution in [0.25, 0.3) is 5.32 Å². The summed E-state index contributed by atoms with van der Waals surface area (Å²) in [4.78, 5) is 26.2. The second kappa shape index (κ2) is 5.07. The molecule has 4 heteroatoms. The number of hydrogen-bond donors (Lipinski definition) is 0. The average molecular weight is 291 g/mol. The van der Waals surface area contributed by atoms with Crippen molar-refractivity contribution in [1.29, 1.82) is 0 Å². The van der Waals surface area contributed by atoms with Crippen LogP contribution in [-0.4, -0.2) is 29.8 Å². The van der Waals surface area contributed by atoms with E-state index in [-0.39, 0.29) is 17.9 Å². The smallest absolute Gasteiger partial charge is 0.261 e. The van der Waals surface area contributed by atoms with Crippen molar-refractivity contribution in [2.24, 2.45) is 0 Å². The van der Waals surface area contributed by atoms with Crippen LogP contribution in [0.2, 0.25) is 0 Å². The lowest BCUT2D eigenvalue weighted by molar-refractivity contribution is 0.0648. The molecule has 2 amide bonds. The molecule has 2 aliphatic rings. The third-order valence-electron chi connectivity index (χ3n) is 4.38. The number of carbonyl (C=O) groups is 2. The van der Waals surface area contributed by atoms with Gasteiger partial charge in [-0.25, -0.2) is 0 Å². The summed E-state index contributed by atoms with van der Waals surface area (Å²) in [6.45, 7) is 1.06. The van der Waals surface area contributed by atoms with E-state index in [0.29, 0.717) is 17.7 Å². The molecule has 0 unspecified atom stereocenters. The highest BCUT2D eigenvalue weighted by Crippen LogP contribution is 2.33. The van der Waals surface area contributed by atoms with Crippen molar-refractivity contribution in [3.63, 3.8) is 0 Å². The maximum atomic E-state index is 12.5. The van der Waals surface area contributed by atoms with Crippen LogP contribution in [0.1, 0.15) is 37.9 Å². The number of hydrogen-bond acceptors (Lipinski definition) is 2. The highest BCUT2D eigenvalue weighted by molar-refractivity contribution is 6.21. The summed E-state index contributed by atoms with van der Waals surface area (Å²) in [5.41, 5.74) is 3.39. The van der Waals surface area contributed by atoms with Gasteiger partial charge in [-0.1, -0.05) is 48.0 Å². The van der Waals surface area contributed by atoms with Gasteiger partial charge in [-0.05, 0) is 24.1 Å². The van der Waals surface area contributed by atoms with Crippen molar-refractivity contribution < 1.29 is 9.59 Å². The molecule has 2 aliphatic heterocycles. The van der Waals surface area contributed by atoms with Gasteiger partial charge in [0.2, 0.25) is 0 Å². The Balaban J connectivity index is 1.64. The Kier molecular flexibility index (Phi) is 3.05. The molecule has 110 valence electrons. The van der Waals surface area contributed by atoms with E-state index in [4.69, 9.17) is 0 Å². The predicted molar refractivity (Wildman–Crippen MR) is 82.9 cm³/mol. The van der Waals surface area contributed by atoms with E-state index in [1.54, 1.807) is 24.3 Å². The summed E-state index contributed by atoms with van der Waals surface area (Å²) >= 11 is 0. The molecule has 22 heavy (non-hydrogen) atoms. The standard InChI is InChI=1S/C18H15N2O2/c21-17-14-7-3-4-8-15(14)18(22)20(17)11-16-13-6-2-1-5-12(13)9-10-19-16/h1-8,16H,9-11H2/q-1/t16-/m1/s1. The van der Waals surface area contributed by atoms with E-state index in [1.165, 1.54) is 10.5 Å². The van der Waals surface area contributed by atoms with Gasteiger partial charge in [-0.2, -0.15) is 0 Å². The van der Waals surface area contributed by atoms with Crippen molar-refractivity contribution in [3.8, 4) is 0 Å². The van der Waals surface area contributed by atoms with E-state index >= 15 is 0 Å². The van der Waals surface area contributed by atoms with E-state index in [0.717, 1.165) is 18.5 Å². The number of amides is 2. The normalized spacial score (nSPS) is 20.0. The van der Waals surface area contributed by atoms with Crippen molar-refractivity contribution >= 4 is 11.8 Å². The largest absolute Gasteiger partial charge is 0.654 e. The fourth-order valence-corrected chi connectivity index (χ4v) is 3.26. The molecule has 2 heterocycles. The molecule has 0 spiro atoms. The van der Waals surface area contributed by atoms with Gasteiger partial charge >= 0.3 is 0 Å². The number of benzene rings is 2. The molecule has 4 nitrogen and oxygen atoms in total. The van der Waals surface area contributed by atoms with Crippen LogP contribution in [0.15, 0.2) is 48.5 Å². The molecule has 0 fully saturated rings. The molecular weight excluding hydrogens is 276 g/mol. The van der Waals surface area contributed by atoms with Crippen molar-refractivity contribution in [1.82, 2.24) is 4.90 Å². The summed E-state index contributed by atoms with van der Waals surface area (Å²) in [6.07, 6.45) is 0.925. The molecule has 1 atom stereocenters. The third kappa shape index (κ3) is 1.96. The van der Waals surface area contributed by atoms with Gasteiger partial charge in [0.1, 0.15) is 0 Å². The van der Waals surface area contributed by atoms with Crippen molar-refractivity contribution in [2.45, 2.75) is 12.5 Å². The van der Waals surface area contributed by atoms with Crippen LogP contribution in [0.5, 0.6) is 0 Å². The summed E-state index contributed by atoms with van der Waals surface area (Å²) in [6, 6.07) is 15.0. The maximum Gasteiger partial charge on any atom is 0.261 e. The zero-order chi connectivity index (χ0) is 15.1. The Morgan fingerprint density at radius 2 is 1.59 bits per heavy atom. The molecule has 0 aromatic heterocycles. The van der Waals surface area contributed by atoms with Gasteiger partial charge in [0.05, 0.1) is 11.1 Å². The highest BCUT2D eigenvalue weighted by atomic mass is 16.2. The summed E-state index contributed by atoms with van der Waals surface area (Å²) < 4.78 is 0. The summed E-state index contributed by atoms with van der Waals surface area (Å²) in [5.74, 6) is -0.419. The van der Waals surface area contributed by atoms with Crippen molar-refractivity contribution in [2.75, 3.05) is 13.1 Å². The summed E-state index contributed by atoms with van der Waals surface area (Å²) in [5, 5.41) is 4.62. The van der Waals surface area contributed by atoms with Crippen molar-refractivity contribution in [3.05, 3.63) is 76.1 Å². The first-order chi connectivity index (χ1) is 10.8. The quantitative estimate of drug-likeness (QED) is 0.799. The fraction of sp³-hybridized carbons (Fsp3) is 0.222. The average Bonchev–Trinajstić information content (AvgIpc) is 2.81. The van der Waals surface area contributed by atoms with Gasteiger partial charge in [-0.3, -0.25) is 14.5 Å². The maximum absolute atomic E-state index is 12.5. The SMILES string of the molecule is O=C1c2ccccc2C(=O)N1C[C@H]1[N-]CCc2ccccc21.